The summed E-state index contributed by atoms with van der Waals surface area (Å²) < 4.78 is 21.3. The van der Waals surface area contributed by atoms with Crippen LogP contribution in [0.4, 0.5) is 20.1 Å². The Morgan fingerprint density at radius 3 is 2.64 bits per heavy atom. The number of hydrogen-bond donors (Lipinski definition) is 2. The maximum atomic E-state index is 15.6. The molecule has 0 saturated carbocycles. The molecule has 1 saturated heterocycles. The third-order valence-corrected chi connectivity index (χ3v) is 10.0. The number of carbonyl (C=O) groups is 1. The third kappa shape index (κ3) is 7.15. The number of nitrogens with zero attached hydrogens (tertiary/aromatic N) is 4. The fourth-order valence-corrected chi connectivity index (χ4v) is 7.10. The molecular weight excluding hydrogens is 618 g/mol. The van der Waals surface area contributed by atoms with Gasteiger partial charge < -0.3 is 20.3 Å². The van der Waals surface area contributed by atoms with Crippen LogP contribution in [0, 0.1) is 12.7 Å². The first kappa shape index (κ1) is 30.5. The molecule has 1 aromatic carbocycles. The van der Waals surface area contributed by atoms with Gasteiger partial charge in [0.05, 0.1) is 38.2 Å². The highest BCUT2D eigenvalue weighted by molar-refractivity contribution is 8.01. The summed E-state index contributed by atoms with van der Waals surface area (Å²) in [4.78, 5) is 27.3. The average molecular weight is 648 g/mol. The van der Waals surface area contributed by atoms with Gasteiger partial charge >= 0.3 is 6.09 Å². The molecule has 3 aromatic heterocycles. The molecule has 13 heteroatoms. The minimum atomic E-state index is -0.373. The minimum Gasteiger partial charge on any atom is -0.453 e. The number of hydrogen-bond acceptors (Lipinski definition) is 9. The highest BCUT2D eigenvalue weighted by Crippen LogP contribution is 2.39. The number of benzene rings is 1. The Hall–Kier alpha value is -2.96. The lowest BCUT2D eigenvalue weighted by molar-refractivity contribution is 0.0985. The first-order valence-electron chi connectivity index (χ1n) is 13.2. The molecular formula is C29H29Cl2FN6O2S2. The molecule has 1 aliphatic rings. The molecule has 8 nitrogen and oxygen atoms in total. The number of ether oxygens (including phenoxy) is 1. The largest absolute Gasteiger partial charge is 0.453 e. The molecule has 4 heterocycles. The lowest BCUT2D eigenvalue weighted by Gasteiger charge is -2.42. The van der Waals surface area contributed by atoms with Crippen LogP contribution in [0.15, 0.2) is 64.1 Å². The van der Waals surface area contributed by atoms with Crippen molar-refractivity contribution in [2.24, 2.45) is 0 Å². The maximum Gasteiger partial charge on any atom is 0.409 e. The fourth-order valence-electron chi connectivity index (χ4n) is 4.92. The van der Waals surface area contributed by atoms with Gasteiger partial charge in [0.15, 0.2) is 10.9 Å². The molecule has 0 spiro atoms. The fraction of sp³-hybridized carbons (Fsp3) is 0.310. The molecule has 0 aliphatic carbocycles. The standard InChI is InChI=1S/C29H29Cl2FN6O2S2/c1-18-5-9-35-24(13-18)37-27-36-16-25(42-27)41-23-6-10-34-22(26(23)32)15-33-17-29(19-3-4-20(30)21(31)14-19)7-11-38(12-8-29)28(39)40-2/h3-6,9-10,13-14,16,33H,7-8,11-12,15,17H2,1-2H3,(H,35,36,37). The van der Waals surface area contributed by atoms with Crippen molar-refractivity contribution >= 4 is 63.3 Å². The van der Waals surface area contributed by atoms with E-state index in [1.54, 1.807) is 35.6 Å². The van der Waals surface area contributed by atoms with Gasteiger partial charge in [0, 0.05) is 44.0 Å². The van der Waals surface area contributed by atoms with Crippen molar-refractivity contribution in [1.29, 1.82) is 0 Å². The molecule has 1 aliphatic heterocycles. The van der Waals surface area contributed by atoms with E-state index in [0.717, 1.165) is 15.3 Å². The van der Waals surface area contributed by atoms with Crippen LogP contribution in [0.2, 0.25) is 10.0 Å². The van der Waals surface area contributed by atoms with Gasteiger partial charge in [-0.25, -0.2) is 19.2 Å². The number of thiazole rings is 1. The molecule has 5 rings (SSSR count). The Labute approximate surface area is 262 Å². The Bertz CT molecular complexity index is 1560. The molecule has 0 bridgehead atoms. The van der Waals surface area contributed by atoms with Gasteiger partial charge in [0.2, 0.25) is 0 Å². The second kappa shape index (κ2) is 13.6. The smallest absolute Gasteiger partial charge is 0.409 e. The summed E-state index contributed by atoms with van der Waals surface area (Å²) in [6, 6.07) is 11.2. The van der Waals surface area contributed by atoms with Crippen molar-refractivity contribution < 1.29 is 13.9 Å². The van der Waals surface area contributed by atoms with E-state index in [1.807, 2.05) is 31.2 Å². The zero-order valence-electron chi connectivity index (χ0n) is 23.0. The van der Waals surface area contributed by atoms with Crippen LogP contribution in [0.1, 0.15) is 29.7 Å². The number of aromatic nitrogens is 3. The predicted molar refractivity (Wildman–Crippen MR) is 166 cm³/mol. The van der Waals surface area contributed by atoms with Crippen molar-refractivity contribution in [1.82, 2.24) is 25.2 Å². The van der Waals surface area contributed by atoms with E-state index in [9.17, 15) is 4.79 Å². The monoisotopic (exact) mass is 646 g/mol. The van der Waals surface area contributed by atoms with Gasteiger partial charge in [-0.1, -0.05) is 52.4 Å². The van der Waals surface area contributed by atoms with Gasteiger partial charge in [-0.15, -0.1) is 0 Å². The topological polar surface area (TPSA) is 92.3 Å². The highest BCUT2D eigenvalue weighted by Gasteiger charge is 2.38. The van der Waals surface area contributed by atoms with Crippen molar-refractivity contribution in [2.75, 3.05) is 32.1 Å². The van der Waals surface area contributed by atoms with E-state index in [-0.39, 0.29) is 23.9 Å². The normalized spacial score (nSPS) is 14.5. The Balaban J connectivity index is 1.26. The van der Waals surface area contributed by atoms with E-state index in [2.05, 4.69) is 25.6 Å². The first-order valence-corrected chi connectivity index (χ1v) is 15.6. The maximum absolute atomic E-state index is 15.6. The molecule has 1 amide bonds. The first-order chi connectivity index (χ1) is 20.3. The van der Waals surface area contributed by atoms with E-state index < -0.39 is 0 Å². The number of anilines is 2. The Morgan fingerprint density at radius 2 is 1.90 bits per heavy atom. The number of halogens is 3. The van der Waals surface area contributed by atoms with Crippen LogP contribution in [0.25, 0.3) is 0 Å². The van der Waals surface area contributed by atoms with E-state index in [0.29, 0.717) is 64.1 Å². The summed E-state index contributed by atoms with van der Waals surface area (Å²) in [7, 11) is 1.38. The van der Waals surface area contributed by atoms with Crippen LogP contribution in [-0.4, -0.2) is 52.7 Å². The number of rotatable bonds is 9. The number of carbonyl (C=O) groups excluding carboxylic acids is 1. The Kier molecular flexibility index (Phi) is 9.85. The van der Waals surface area contributed by atoms with Crippen molar-refractivity contribution in [3.8, 4) is 0 Å². The van der Waals surface area contributed by atoms with E-state index in [4.69, 9.17) is 27.9 Å². The zero-order chi connectivity index (χ0) is 29.7. The van der Waals surface area contributed by atoms with Crippen LogP contribution in [-0.2, 0) is 16.7 Å². The van der Waals surface area contributed by atoms with Crippen LogP contribution < -0.4 is 10.6 Å². The number of methoxy groups -OCH3 is 1. The number of aryl methyl sites for hydroxylation is 1. The van der Waals surface area contributed by atoms with Gasteiger partial charge in [-0.2, -0.15) is 0 Å². The summed E-state index contributed by atoms with van der Waals surface area (Å²) >= 11 is 15.3. The SMILES string of the molecule is COC(=O)N1CCC(CNCc2nccc(Sc3cnc(Nc4cc(C)ccn4)s3)c2F)(c2ccc(Cl)c(Cl)c2)CC1. The molecule has 0 unspecified atom stereocenters. The van der Waals surface area contributed by atoms with Gasteiger partial charge in [-0.3, -0.25) is 4.98 Å². The second-order valence-electron chi connectivity index (χ2n) is 9.97. The van der Waals surface area contributed by atoms with E-state index in [1.165, 1.54) is 30.2 Å². The number of piperidine rings is 1. The molecule has 220 valence electrons. The zero-order valence-corrected chi connectivity index (χ0v) is 26.1. The van der Waals surface area contributed by atoms with E-state index >= 15 is 4.39 Å². The highest BCUT2D eigenvalue weighted by atomic mass is 35.5. The van der Waals surface area contributed by atoms with Crippen LogP contribution in [0.5, 0.6) is 0 Å². The average Bonchev–Trinajstić information content (AvgIpc) is 3.42. The number of amides is 1. The number of nitrogens with one attached hydrogen (secondary N) is 2. The van der Waals surface area contributed by atoms with Crippen molar-refractivity contribution in [3.63, 3.8) is 0 Å². The van der Waals surface area contributed by atoms with Gasteiger partial charge in [0.25, 0.3) is 0 Å². The molecule has 0 radical (unpaired) electrons. The number of pyridine rings is 2. The van der Waals surface area contributed by atoms with Gasteiger partial charge in [-0.05, 0) is 61.2 Å². The molecule has 42 heavy (non-hydrogen) atoms. The summed E-state index contributed by atoms with van der Waals surface area (Å²) in [5.74, 6) is 0.335. The molecule has 2 N–H and O–H groups in total. The van der Waals surface area contributed by atoms with Crippen LogP contribution in [0.3, 0.4) is 0 Å². The van der Waals surface area contributed by atoms with Crippen molar-refractivity contribution in [2.45, 2.75) is 40.8 Å². The second-order valence-corrected chi connectivity index (χ2v) is 13.2. The van der Waals surface area contributed by atoms with Crippen molar-refractivity contribution in [3.05, 3.63) is 87.7 Å². The van der Waals surface area contributed by atoms with Crippen LogP contribution >= 0.6 is 46.3 Å². The number of likely N-dealkylation sites (tertiary alicyclic amines) is 1. The van der Waals surface area contributed by atoms with Gasteiger partial charge in [0.1, 0.15) is 5.82 Å². The molecule has 4 aromatic rings. The summed E-state index contributed by atoms with van der Waals surface area (Å²) in [6.07, 6.45) is 6.08. The Morgan fingerprint density at radius 1 is 1.12 bits per heavy atom. The molecule has 1 fully saturated rings. The third-order valence-electron chi connectivity index (χ3n) is 7.21. The quantitative estimate of drug-likeness (QED) is 0.193. The predicted octanol–water partition coefficient (Wildman–Crippen LogP) is 7.47. The minimum absolute atomic E-state index is 0.235. The molecule has 0 atom stereocenters. The summed E-state index contributed by atoms with van der Waals surface area (Å²) in [5, 5.41) is 8.24. The summed E-state index contributed by atoms with van der Waals surface area (Å²) in [5.41, 5.74) is 2.10. The lowest BCUT2D eigenvalue weighted by atomic mass is 9.72. The summed E-state index contributed by atoms with van der Waals surface area (Å²) in [6.45, 7) is 3.82. The lowest BCUT2D eigenvalue weighted by Crippen LogP contribution is -2.49.